The van der Waals surface area contributed by atoms with Gasteiger partial charge in [0.2, 0.25) is 17.7 Å². The molecule has 3 fully saturated rings. The summed E-state index contributed by atoms with van der Waals surface area (Å²) < 4.78 is -0.683. The van der Waals surface area contributed by atoms with Crippen LogP contribution in [0.1, 0.15) is 18.9 Å². The first-order valence-corrected chi connectivity index (χ1v) is 11.9. The molecule has 3 aliphatic heterocycles. The van der Waals surface area contributed by atoms with Crippen LogP contribution in [0.5, 0.6) is 0 Å². The van der Waals surface area contributed by atoms with E-state index in [2.05, 4.69) is 26.6 Å². The minimum Gasteiger partial charge on any atom is -0.394 e. The van der Waals surface area contributed by atoms with Gasteiger partial charge in [0.1, 0.15) is 6.04 Å². The van der Waals surface area contributed by atoms with Gasteiger partial charge >= 0.3 is 0 Å². The second-order valence-electron chi connectivity index (χ2n) is 8.26. The summed E-state index contributed by atoms with van der Waals surface area (Å²) in [4.78, 5) is 41.3. The number of nitrogens with one attached hydrogen (secondary N) is 2. The van der Waals surface area contributed by atoms with Crippen LogP contribution in [0.15, 0.2) is 30.3 Å². The molecular weight excluding hydrogens is 470 g/mol. The lowest BCUT2D eigenvalue weighted by molar-refractivity contribution is -0.142. The number of aliphatic hydroxyl groups is 1. The second-order valence-corrected chi connectivity index (χ2v) is 11.0. The monoisotopic (exact) mass is 495 g/mol. The first-order valence-electron chi connectivity index (χ1n) is 10.1. The van der Waals surface area contributed by atoms with Crippen LogP contribution in [0.2, 0.25) is 0 Å². The van der Waals surface area contributed by atoms with E-state index < -0.39 is 28.7 Å². The average Bonchev–Trinajstić information content (AvgIpc) is 3.35. The molecule has 0 saturated carbocycles. The molecule has 3 N–H and O–H groups in total. The number of rotatable bonds is 6. The van der Waals surface area contributed by atoms with Crippen molar-refractivity contribution in [2.75, 3.05) is 13.7 Å². The predicted molar refractivity (Wildman–Crippen MR) is 118 cm³/mol. The number of carbonyl (C=O) groups is 3. The number of thioether (sulfide) groups is 1. The number of hydrogen-bond donors (Lipinski definition) is 3. The summed E-state index contributed by atoms with van der Waals surface area (Å²) >= 11 is 5.29. The van der Waals surface area contributed by atoms with E-state index in [-0.39, 0.29) is 34.4 Å². The molecule has 1 aromatic carbocycles. The van der Waals surface area contributed by atoms with Gasteiger partial charge in [0.15, 0.2) is 0 Å². The van der Waals surface area contributed by atoms with Crippen molar-refractivity contribution in [1.82, 2.24) is 15.5 Å². The molecule has 9 heteroatoms. The van der Waals surface area contributed by atoms with Gasteiger partial charge in [-0.15, -0.1) is 11.8 Å². The van der Waals surface area contributed by atoms with E-state index in [1.54, 1.807) is 25.7 Å². The van der Waals surface area contributed by atoms with Gasteiger partial charge in [-0.3, -0.25) is 14.4 Å². The zero-order valence-electron chi connectivity index (χ0n) is 16.9. The third kappa shape index (κ3) is 3.17. The van der Waals surface area contributed by atoms with E-state index in [9.17, 15) is 19.5 Å². The largest absolute Gasteiger partial charge is 0.394 e. The number of alkyl halides is 1. The lowest BCUT2D eigenvalue weighted by Gasteiger charge is -2.36. The van der Waals surface area contributed by atoms with Crippen molar-refractivity contribution < 1.29 is 19.5 Å². The third-order valence-electron chi connectivity index (χ3n) is 6.57. The Morgan fingerprint density at radius 2 is 2.03 bits per heavy atom. The Kier molecular flexibility index (Phi) is 5.89. The van der Waals surface area contributed by atoms with E-state index in [0.29, 0.717) is 13.0 Å². The zero-order valence-corrected chi connectivity index (χ0v) is 19.3. The van der Waals surface area contributed by atoms with Crippen LogP contribution in [0, 0.1) is 11.8 Å². The van der Waals surface area contributed by atoms with Crippen molar-refractivity contribution in [3.63, 3.8) is 0 Å². The summed E-state index contributed by atoms with van der Waals surface area (Å²) in [6.45, 7) is 1.86. The summed E-state index contributed by atoms with van der Waals surface area (Å²) in [5, 5.41) is 15.4. The summed E-state index contributed by atoms with van der Waals surface area (Å²) in [6, 6.07) is 8.36. The topological polar surface area (TPSA) is 98.7 Å². The van der Waals surface area contributed by atoms with Gasteiger partial charge < -0.3 is 20.6 Å². The van der Waals surface area contributed by atoms with E-state index in [4.69, 9.17) is 0 Å². The molecule has 3 saturated heterocycles. The van der Waals surface area contributed by atoms with Gasteiger partial charge in [0, 0.05) is 23.7 Å². The molecule has 1 spiro atoms. The van der Waals surface area contributed by atoms with E-state index in [0.717, 1.165) is 5.56 Å². The predicted octanol–water partition coefficient (Wildman–Crippen LogP) is 0.894. The number of halogens is 1. The van der Waals surface area contributed by atoms with Crippen molar-refractivity contribution in [1.29, 1.82) is 0 Å². The van der Waals surface area contributed by atoms with Crippen LogP contribution < -0.4 is 10.6 Å². The van der Waals surface area contributed by atoms with Gasteiger partial charge in [-0.2, -0.15) is 0 Å². The molecule has 3 heterocycles. The van der Waals surface area contributed by atoms with Crippen LogP contribution >= 0.6 is 27.7 Å². The fraction of sp³-hybridized carbons (Fsp3) is 0.571. The van der Waals surface area contributed by atoms with E-state index in [1.807, 2.05) is 30.3 Å². The van der Waals surface area contributed by atoms with Gasteiger partial charge in [-0.25, -0.2) is 0 Å². The van der Waals surface area contributed by atoms with Gasteiger partial charge in [0.25, 0.3) is 0 Å². The van der Waals surface area contributed by atoms with Crippen LogP contribution in [-0.2, 0) is 20.9 Å². The number of amides is 3. The number of carbonyl (C=O) groups excluding carboxylic acids is 3. The molecule has 3 unspecified atom stereocenters. The fourth-order valence-corrected chi connectivity index (χ4v) is 8.88. The zero-order chi connectivity index (χ0) is 21.6. The molecule has 0 aliphatic carbocycles. The lowest BCUT2D eigenvalue weighted by atomic mass is 9.70. The molecule has 3 aliphatic rings. The molecule has 7 nitrogen and oxygen atoms in total. The molecule has 4 rings (SSSR count). The van der Waals surface area contributed by atoms with Crippen LogP contribution in [0.25, 0.3) is 0 Å². The van der Waals surface area contributed by atoms with Gasteiger partial charge in [-0.1, -0.05) is 46.3 Å². The SMILES string of the molecule is CNC(=O)[C@H]1[C@H]2C(=O)N([C@H](C)CO)C(C(=O)NCc3ccccc3)C23CC(Br)[C@@H]1S3. The maximum atomic E-state index is 13.5. The molecule has 162 valence electrons. The minimum absolute atomic E-state index is 0.0441. The van der Waals surface area contributed by atoms with Crippen molar-refractivity contribution >= 4 is 45.4 Å². The first kappa shape index (κ1) is 21.6. The second kappa shape index (κ2) is 8.16. The molecule has 0 aromatic heterocycles. The molecule has 7 atom stereocenters. The summed E-state index contributed by atoms with van der Waals surface area (Å²) in [5.41, 5.74) is 0.968. The Morgan fingerprint density at radius 3 is 2.67 bits per heavy atom. The number of benzene rings is 1. The summed E-state index contributed by atoms with van der Waals surface area (Å²) in [6.07, 6.45) is 0.629. The standard InChI is InChI=1S/C21H26BrN3O4S/c1-11(10-26)25-17(19(28)24-9-12-6-4-3-5-7-12)21-8-13(22)16(30-21)14(18(27)23-2)15(21)20(25)29/h3-7,11,13-17,26H,8-10H2,1-2H3,(H,23,27)(H,24,28)/t11-,13?,14+,15+,16+,17?,21?/m1/s1. The summed E-state index contributed by atoms with van der Waals surface area (Å²) in [5.74, 6) is -1.67. The van der Waals surface area contributed by atoms with Crippen molar-refractivity contribution in [2.24, 2.45) is 11.8 Å². The highest BCUT2D eigenvalue weighted by atomic mass is 79.9. The Balaban J connectivity index is 1.69. The number of nitrogens with zero attached hydrogens (tertiary/aromatic N) is 1. The number of likely N-dealkylation sites (tertiary alicyclic amines) is 1. The third-order valence-corrected chi connectivity index (χ3v) is 9.79. The number of fused-ring (bicyclic) bond motifs is 1. The van der Waals surface area contributed by atoms with Crippen LogP contribution in [-0.4, -0.2) is 68.3 Å². The summed E-state index contributed by atoms with van der Waals surface area (Å²) in [7, 11) is 1.58. The average molecular weight is 496 g/mol. The Hall–Kier alpha value is -1.58. The molecular formula is C21H26BrN3O4S. The van der Waals surface area contributed by atoms with Crippen LogP contribution in [0.3, 0.4) is 0 Å². The minimum atomic E-state index is -0.731. The van der Waals surface area contributed by atoms with E-state index in [1.165, 1.54) is 4.90 Å². The molecule has 0 radical (unpaired) electrons. The van der Waals surface area contributed by atoms with Crippen LogP contribution in [0.4, 0.5) is 0 Å². The molecule has 30 heavy (non-hydrogen) atoms. The van der Waals surface area contributed by atoms with Gasteiger partial charge in [0.05, 0.1) is 29.2 Å². The highest BCUT2D eigenvalue weighted by Crippen LogP contribution is 2.67. The smallest absolute Gasteiger partial charge is 0.244 e. The van der Waals surface area contributed by atoms with E-state index >= 15 is 0 Å². The maximum absolute atomic E-state index is 13.5. The Labute approximate surface area is 188 Å². The highest BCUT2D eigenvalue weighted by Gasteiger charge is 2.75. The highest BCUT2D eigenvalue weighted by molar-refractivity contribution is 9.09. The van der Waals surface area contributed by atoms with Crippen molar-refractivity contribution in [3.8, 4) is 0 Å². The number of aliphatic hydroxyl groups excluding tert-OH is 1. The number of hydrogen-bond acceptors (Lipinski definition) is 5. The maximum Gasteiger partial charge on any atom is 0.244 e. The van der Waals surface area contributed by atoms with Crippen molar-refractivity contribution in [2.45, 2.75) is 46.8 Å². The Bertz CT molecular complexity index is 856. The Morgan fingerprint density at radius 1 is 1.33 bits per heavy atom. The molecule has 3 amide bonds. The molecule has 1 aromatic rings. The van der Waals surface area contributed by atoms with Crippen molar-refractivity contribution in [3.05, 3.63) is 35.9 Å². The first-order chi connectivity index (χ1) is 14.4. The lowest BCUT2D eigenvalue weighted by Crippen LogP contribution is -2.56. The molecule has 2 bridgehead atoms. The quantitative estimate of drug-likeness (QED) is 0.509. The fourth-order valence-electron chi connectivity index (χ4n) is 5.28. The van der Waals surface area contributed by atoms with Gasteiger partial charge in [-0.05, 0) is 18.9 Å². The normalized spacial score (nSPS) is 35.3.